The number of fused-ring (bicyclic) bond motifs is 5. The molecule has 3 heteroatoms. The van der Waals surface area contributed by atoms with E-state index in [1.165, 1.54) is 38.2 Å². The van der Waals surface area contributed by atoms with Gasteiger partial charge < -0.3 is 4.57 Å². The number of aryl methyl sites for hydroxylation is 1. The van der Waals surface area contributed by atoms with E-state index in [1.807, 2.05) is 12.1 Å². The summed E-state index contributed by atoms with van der Waals surface area (Å²) in [5, 5.41) is 4.81. The van der Waals surface area contributed by atoms with Gasteiger partial charge in [-0.15, -0.1) is 0 Å². The molecular weight excluding hydrogens is 426 g/mol. The maximum atomic E-state index is 5.03. The van der Waals surface area contributed by atoms with Crippen LogP contribution in [0.2, 0.25) is 0 Å². The number of pyridine rings is 1. The monoisotopic (exact) mass is 449 g/mol. The van der Waals surface area contributed by atoms with Crippen LogP contribution in [0.5, 0.6) is 0 Å². The average molecular weight is 450 g/mol. The van der Waals surface area contributed by atoms with Gasteiger partial charge in [-0.05, 0) is 65.2 Å². The molecule has 2 heterocycles. The lowest BCUT2D eigenvalue weighted by Crippen LogP contribution is -1.97. The molecule has 2 aromatic heterocycles. The van der Waals surface area contributed by atoms with E-state index < -0.39 is 0 Å². The first-order chi connectivity index (χ1) is 17.3. The Morgan fingerprint density at radius 1 is 0.571 bits per heavy atom. The lowest BCUT2D eigenvalue weighted by molar-refractivity contribution is 0.796. The molecule has 3 nitrogen and oxygen atoms in total. The molecule has 0 radical (unpaired) electrons. The smallest absolute Gasteiger partial charge is 0.141 e. The quantitative estimate of drug-likeness (QED) is 0.201. The van der Waals surface area contributed by atoms with Gasteiger partial charge in [0.2, 0.25) is 0 Å². The zero-order chi connectivity index (χ0) is 23.4. The number of aromatic nitrogens is 3. The largest absolute Gasteiger partial charge is 0.324 e. The summed E-state index contributed by atoms with van der Waals surface area (Å²) in [6.07, 6.45) is 0. The van der Waals surface area contributed by atoms with Crippen LogP contribution in [-0.2, 0) is 6.54 Å². The van der Waals surface area contributed by atoms with Crippen LogP contribution >= 0.6 is 0 Å². The Labute approximate surface area is 203 Å². The molecule has 0 amide bonds. The first-order valence-electron chi connectivity index (χ1n) is 12.1. The third kappa shape index (κ3) is 3.12. The molecule has 7 rings (SSSR count). The highest BCUT2D eigenvalue weighted by atomic mass is 15.1. The molecule has 35 heavy (non-hydrogen) atoms. The van der Waals surface area contributed by atoms with Crippen molar-refractivity contribution in [3.8, 4) is 22.5 Å². The van der Waals surface area contributed by atoms with Gasteiger partial charge in [0.05, 0.1) is 22.1 Å². The molecule has 0 saturated carbocycles. The van der Waals surface area contributed by atoms with Crippen LogP contribution in [0.25, 0.3) is 66.1 Å². The topological polar surface area (TPSA) is 30.7 Å². The molecule has 0 aliphatic carbocycles. The van der Waals surface area contributed by atoms with Crippen molar-refractivity contribution in [3.05, 3.63) is 109 Å². The predicted molar refractivity (Wildman–Crippen MR) is 147 cm³/mol. The van der Waals surface area contributed by atoms with Gasteiger partial charge in [0.1, 0.15) is 5.82 Å². The zero-order valence-electron chi connectivity index (χ0n) is 19.4. The Balaban J connectivity index is 1.49. The fourth-order valence-corrected chi connectivity index (χ4v) is 5.30. The van der Waals surface area contributed by atoms with Crippen LogP contribution in [0.1, 0.15) is 6.92 Å². The second-order valence-electron chi connectivity index (χ2n) is 8.97. The highest BCUT2D eigenvalue weighted by molar-refractivity contribution is 6.15. The Hall–Kier alpha value is -4.50. The number of para-hydroxylation sites is 3. The SMILES string of the molecule is CCn1c(-c2cccc(-c3cc4nc5ccccc5cc4c4ccccc34)c2)nc2ccccc21. The summed E-state index contributed by atoms with van der Waals surface area (Å²) < 4.78 is 2.29. The van der Waals surface area contributed by atoms with E-state index in [0.29, 0.717) is 0 Å². The fraction of sp³-hybridized carbons (Fsp3) is 0.0625. The molecule has 0 unspecified atom stereocenters. The summed E-state index contributed by atoms with van der Waals surface area (Å²) in [7, 11) is 0. The van der Waals surface area contributed by atoms with E-state index in [4.69, 9.17) is 9.97 Å². The molecule has 0 aliphatic rings. The molecule has 7 aromatic rings. The van der Waals surface area contributed by atoms with Crippen molar-refractivity contribution in [1.29, 1.82) is 0 Å². The van der Waals surface area contributed by atoms with Crippen LogP contribution in [-0.4, -0.2) is 14.5 Å². The van der Waals surface area contributed by atoms with E-state index in [2.05, 4.69) is 109 Å². The van der Waals surface area contributed by atoms with E-state index in [0.717, 1.165) is 34.5 Å². The number of imidazole rings is 1. The van der Waals surface area contributed by atoms with Crippen LogP contribution < -0.4 is 0 Å². The van der Waals surface area contributed by atoms with Crippen molar-refractivity contribution < 1.29 is 0 Å². The van der Waals surface area contributed by atoms with E-state index in [9.17, 15) is 0 Å². The van der Waals surface area contributed by atoms with Crippen LogP contribution in [0.15, 0.2) is 109 Å². The number of nitrogens with zero attached hydrogens (tertiary/aromatic N) is 3. The summed E-state index contributed by atoms with van der Waals surface area (Å²) in [5.41, 5.74) is 7.72. The number of hydrogen-bond donors (Lipinski definition) is 0. The second-order valence-corrected chi connectivity index (χ2v) is 8.97. The van der Waals surface area contributed by atoms with Crippen molar-refractivity contribution >= 4 is 43.6 Å². The minimum atomic E-state index is 0.871. The third-order valence-corrected chi connectivity index (χ3v) is 6.94. The Morgan fingerprint density at radius 2 is 1.31 bits per heavy atom. The molecule has 0 fully saturated rings. The lowest BCUT2D eigenvalue weighted by Gasteiger charge is -2.13. The normalized spacial score (nSPS) is 11.7. The highest BCUT2D eigenvalue weighted by Crippen LogP contribution is 2.37. The maximum Gasteiger partial charge on any atom is 0.141 e. The van der Waals surface area contributed by atoms with Crippen LogP contribution in [0.4, 0.5) is 0 Å². The number of hydrogen-bond acceptors (Lipinski definition) is 2. The Morgan fingerprint density at radius 3 is 2.20 bits per heavy atom. The van der Waals surface area contributed by atoms with E-state index in [-0.39, 0.29) is 0 Å². The van der Waals surface area contributed by atoms with Crippen molar-refractivity contribution in [2.45, 2.75) is 13.5 Å². The second kappa shape index (κ2) is 7.78. The summed E-state index contributed by atoms with van der Waals surface area (Å²) in [4.78, 5) is 10.0. The summed E-state index contributed by atoms with van der Waals surface area (Å²) in [5.74, 6) is 1.00. The Bertz CT molecular complexity index is 1890. The van der Waals surface area contributed by atoms with Crippen molar-refractivity contribution in [3.63, 3.8) is 0 Å². The van der Waals surface area contributed by atoms with Crippen molar-refractivity contribution in [2.24, 2.45) is 0 Å². The first kappa shape index (κ1) is 19.9. The molecule has 0 N–H and O–H groups in total. The molecule has 0 spiro atoms. The summed E-state index contributed by atoms with van der Waals surface area (Å²) in [6, 6.07) is 38.6. The molecule has 0 aliphatic heterocycles. The molecule has 0 atom stereocenters. The van der Waals surface area contributed by atoms with Gasteiger partial charge in [-0.3, -0.25) is 0 Å². The van der Waals surface area contributed by atoms with E-state index in [1.54, 1.807) is 0 Å². The average Bonchev–Trinajstić information content (AvgIpc) is 3.30. The molecule has 5 aromatic carbocycles. The fourth-order valence-electron chi connectivity index (χ4n) is 5.30. The standard InChI is InChI=1S/C32H23N3/c1-2-35-31-17-8-7-16-29(31)34-32(35)23-12-9-11-21(18-23)26-20-30-27(25-14-5-4-13-24(25)26)19-22-10-3-6-15-28(22)33-30/h3-20H,2H2,1H3. The first-order valence-corrected chi connectivity index (χ1v) is 12.1. The van der Waals surface area contributed by atoms with Gasteiger partial charge in [0.15, 0.2) is 0 Å². The molecular formula is C32H23N3. The van der Waals surface area contributed by atoms with Crippen LogP contribution in [0.3, 0.4) is 0 Å². The van der Waals surface area contributed by atoms with Gasteiger partial charge in [-0.25, -0.2) is 9.97 Å². The third-order valence-electron chi connectivity index (χ3n) is 6.94. The van der Waals surface area contributed by atoms with Crippen molar-refractivity contribution in [1.82, 2.24) is 14.5 Å². The molecule has 0 saturated heterocycles. The van der Waals surface area contributed by atoms with Gasteiger partial charge in [-0.1, -0.05) is 72.8 Å². The lowest BCUT2D eigenvalue weighted by atomic mass is 9.93. The van der Waals surface area contributed by atoms with Crippen LogP contribution in [0, 0.1) is 0 Å². The van der Waals surface area contributed by atoms with Crippen molar-refractivity contribution in [2.75, 3.05) is 0 Å². The zero-order valence-corrected chi connectivity index (χ0v) is 19.4. The highest BCUT2D eigenvalue weighted by Gasteiger charge is 2.14. The predicted octanol–water partition coefficient (Wildman–Crippen LogP) is 8.24. The van der Waals surface area contributed by atoms with Gasteiger partial charge in [-0.2, -0.15) is 0 Å². The molecule has 0 bridgehead atoms. The summed E-state index contributed by atoms with van der Waals surface area (Å²) in [6.45, 7) is 3.05. The maximum absolute atomic E-state index is 5.03. The summed E-state index contributed by atoms with van der Waals surface area (Å²) >= 11 is 0. The number of benzene rings is 5. The molecule has 166 valence electrons. The van der Waals surface area contributed by atoms with Gasteiger partial charge in [0.25, 0.3) is 0 Å². The number of rotatable bonds is 3. The van der Waals surface area contributed by atoms with Gasteiger partial charge >= 0.3 is 0 Å². The van der Waals surface area contributed by atoms with Gasteiger partial charge in [0, 0.05) is 22.9 Å². The van der Waals surface area contributed by atoms with E-state index >= 15 is 0 Å². The minimum Gasteiger partial charge on any atom is -0.324 e. The Kier molecular flexibility index (Phi) is 4.43. The minimum absolute atomic E-state index is 0.871.